The lowest BCUT2D eigenvalue weighted by Gasteiger charge is -2.24. The van der Waals surface area contributed by atoms with Crippen molar-refractivity contribution in [3.63, 3.8) is 0 Å². The van der Waals surface area contributed by atoms with Gasteiger partial charge in [-0.2, -0.15) is 8.42 Å². The van der Waals surface area contributed by atoms with Crippen molar-refractivity contribution in [1.29, 1.82) is 0 Å². The number of benzene rings is 1. The van der Waals surface area contributed by atoms with Gasteiger partial charge in [-0.3, -0.25) is 0 Å². The van der Waals surface area contributed by atoms with Gasteiger partial charge in [0.25, 0.3) is 10.1 Å². The molecule has 0 spiro atoms. The molecule has 0 aliphatic carbocycles. The van der Waals surface area contributed by atoms with Crippen LogP contribution < -0.4 is 5.32 Å². The minimum atomic E-state index is -3.86. The first kappa shape index (κ1) is 38.7. The summed E-state index contributed by atoms with van der Waals surface area (Å²) in [6.07, 6.45) is 24.4. The Labute approximate surface area is 283 Å². The first-order valence-electron chi connectivity index (χ1n) is 18.0. The largest absolute Gasteiger partial charge is 0.447 e. The molecular formula is C36H60N2O6S2. The molecule has 1 amide bonds. The smallest absolute Gasteiger partial charge is 0.407 e. The van der Waals surface area contributed by atoms with Crippen molar-refractivity contribution < 1.29 is 26.9 Å². The number of amides is 1. The zero-order valence-corrected chi connectivity index (χ0v) is 30.1. The van der Waals surface area contributed by atoms with Crippen LogP contribution in [0, 0.1) is 12.8 Å². The van der Waals surface area contributed by atoms with Gasteiger partial charge < -0.3 is 19.7 Å². The number of aryl methyl sites for hydroxylation is 1. The van der Waals surface area contributed by atoms with Crippen molar-refractivity contribution in [2.75, 3.05) is 26.3 Å². The van der Waals surface area contributed by atoms with Crippen LogP contribution in [0.15, 0.2) is 40.8 Å². The summed E-state index contributed by atoms with van der Waals surface area (Å²) in [5.41, 5.74) is 0.356. The van der Waals surface area contributed by atoms with Crippen LogP contribution in [0.3, 0.4) is 0 Å². The van der Waals surface area contributed by atoms with Crippen LogP contribution in [0.4, 0.5) is 4.79 Å². The van der Waals surface area contributed by atoms with Crippen LogP contribution in [-0.4, -0.2) is 57.4 Å². The number of alkyl carbamates (subject to hydrolysis) is 1. The van der Waals surface area contributed by atoms with Gasteiger partial charge in [-0.25, -0.2) is 8.98 Å². The Balaban J connectivity index is 1.12. The maximum atomic E-state index is 12.7. The molecule has 262 valence electrons. The highest BCUT2D eigenvalue weighted by Crippen LogP contribution is 2.30. The van der Waals surface area contributed by atoms with E-state index in [0.717, 1.165) is 31.4 Å². The van der Waals surface area contributed by atoms with Crippen molar-refractivity contribution in [3.8, 4) is 0 Å². The van der Waals surface area contributed by atoms with Gasteiger partial charge in [0.05, 0.1) is 17.6 Å². The van der Waals surface area contributed by atoms with Crippen LogP contribution in [0.1, 0.15) is 128 Å². The molecule has 3 rings (SSSR count). The number of nitrogens with one attached hydrogen (secondary N) is 1. The number of unbranched alkanes of at least 4 members (excludes halogenated alkanes) is 14. The maximum Gasteiger partial charge on any atom is 0.407 e. The van der Waals surface area contributed by atoms with Crippen molar-refractivity contribution >= 4 is 28.0 Å². The Kier molecular flexibility index (Phi) is 19.1. The molecule has 1 aromatic rings. The van der Waals surface area contributed by atoms with Gasteiger partial charge in [0.1, 0.15) is 6.61 Å². The van der Waals surface area contributed by atoms with Crippen molar-refractivity contribution in [3.05, 3.63) is 41.4 Å². The zero-order chi connectivity index (χ0) is 32.9. The normalized spacial score (nSPS) is 19.6. The van der Waals surface area contributed by atoms with Crippen molar-refractivity contribution in [2.45, 2.75) is 146 Å². The average Bonchev–Trinajstić information content (AvgIpc) is 3.69. The fourth-order valence-electron chi connectivity index (χ4n) is 6.01. The van der Waals surface area contributed by atoms with Gasteiger partial charge in [0.15, 0.2) is 0 Å². The van der Waals surface area contributed by atoms with Crippen molar-refractivity contribution in [2.24, 2.45) is 5.92 Å². The molecule has 1 saturated heterocycles. The van der Waals surface area contributed by atoms with Crippen LogP contribution in [0.2, 0.25) is 0 Å². The van der Waals surface area contributed by atoms with Gasteiger partial charge in [-0.05, 0) is 56.1 Å². The standard InChI is InChI=1S/C36H60N2O6S2/c1-3-4-5-6-7-8-9-10-11-12-13-14-15-16-19-32-28-33(42-29-32)30-43-35(39)37-24-17-18-25-38-26-27-45-36(38)44-46(40,41)34-22-20-31(2)21-23-34/h20-23,26-27,32-33,36H,3-19,24-25,28-30H2,1-2H3,(H,37,39). The molecule has 1 aromatic carbocycles. The minimum absolute atomic E-state index is 0.00466. The summed E-state index contributed by atoms with van der Waals surface area (Å²) in [5.74, 6) is 0.575. The molecule has 10 heteroatoms. The Morgan fingerprint density at radius 1 is 0.913 bits per heavy atom. The molecule has 0 bridgehead atoms. The van der Waals surface area contributed by atoms with Crippen molar-refractivity contribution in [1.82, 2.24) is 10.2 Å². The zero-order valence-electron chi connectivity index (χ0n) is 28.5. The number of ether oxygens (including phenoxy) is 2. The Morgan fingerprint density at radius 2 is 1.54 bits per heavy atom. The van der Waals surface area contributed by atoms with Crippen LogP contribution in [0.5, 0.6) is 0 Å². The van der Waals surface area contributed by atoms with E-state index in [1.807, 2.05) is 23.4 Å². The second-order valence-corrected chi connectivity index (χ2v) is 15.5. The number of hydrogen-bond donors (Lipinski definition) is 1. The second-order valence-electron chi connectivity index (χ2n) is 13.0. The van der Waals surface area contributed by atoms with E-state index in [0.29, 0.717) is 25.6 Å². The monoisotopic (exact) mass is 680 g/mol. The number of thioether (sulfide) groups is 1. The Bertz CT molecular complexity index is 1100. The van der Waals surface area contributed by atoms with Crippen LogP contribution in [0.25, 0.3) is 0 Å². The van der Waals surface area contributed by atoms with Gasteiger partial charge in [-0.15, -0.1) is 0 Å². The lowest BCUT2D eigenvalue weighted by molar-refractivity contribution is 0.0425. The third-order valence-corrected chi connectivity index (χ3v) is 11.2. The molecule has 0 aromatic heterocycles. The predicted octanol–water partition coefficient (Wildman–Crippen LogP) is 9.29. The average molecular weight is 681 g/mol. The van der Waals surface area contributed by atoms with E-state index in [4.69, 9.17) is 13.7 Å². The molecule has 46 heavy (non-hydrogen) atoms. The van der Waals surface area contributed by atoms with E-state index >= 15 is 0 Å². The number of hydrogen-bond acceptors (Lipinski definition) is 8. The maximum absolute atomic E-state index is 12.7. The fraction of sp³-hybridized carbons (Fsp3) is 0.750. The summed E-state index contributed by atoms with van der Waals surface area (Å²) in [7, 11) is -3.86. The minimum Gasteiger partial charge on any atom is -0.447 e. The number of carbonyl (C=O) groups excluding carboxylic acids is 1. The molecular weight excluding hydrogens is 621 g/mol. The quantitative estimate of drug-likeness (QED) is 0.0807. The van der Waals surface area contributed by atoms with E-state index in [1.165, 1.54) is 108 Å². The van der Waals surface area contributed by atoms with Gasteiger partial charge in [-0.1, -0.05) is 126 Å². The molecule has 3 unspecified atom stereocenters. The van der Waals surface area contributed by atoms with Gasteiger partial charge >= 0.3 is 6.09 Å². The fourth-order valence-corrected chi connectivity index (χ4v) is 8.10. The lowest BCUT2D eigenvalue weighted by atomic mass is 9.97. The molecule has 0 radical (unpaired) electrons. The van der Waals surface area contributed by atoms with Gasteiger partial charge in [0.2, 0.25) is 5.56 Å². The lowest BCUT2D eigenvalue weighted by Crippen LogP contribution is -2.31. The summed E-state index contributed by atoms with van der Waals surface area (Å²) in [6.45, 7) is 6.36. The summed E-state index contributed by atoms with van der Waals surface area (Å²) in [4.78, 5) is 14.2. The molecule has 2 aliphatic rings. The summed E-state index contributed by atoms with van der Waals surface area (Å²) >= 11 is 1.32. The van der Waals surface area contributed by atoms with E-state index in [2.05, 4.69) is 12.2 Å². The first-order valence-corrected chi connectivity index (χ1v) is 20.3. The first-order chi connectivity index (χ1) is 22.4. The molecule has 2 aliphatic heterocycles. The Hall–Kier alpha value is -1.75. The topological polar surface area (TPSA) is 94.2 Å². The predicted molar refractivity (Wildman–Crippen MR) is 188 cm³/mol. The second kappa shape index (κ2) is 22.8. The van der Waals surface area contributed by atoms with Gasteiger partial charge in [0, 0.05) is 19.3 Å². The summed E-state index contributed by atoms with van der Waals surface area (Å²) in [6, 6.07) is 6.63. The number of rotatable bonds is 25. The summed E-state index contributed by atoms with van der Waals surface area (Å²) in [5, 5.41) is 4.65. The van der Waals surface area contributed by atoms with E-state index in [-0.39, 0.29) is 11.0 Å². The molecule has 3 atom stereocenters. The van der Waals surface area contributed by atoms with E-state index in [1.54, 1.807) is 24.3 Å². The summed E-state index contributed by atoms with van der Waals surface area (Å²) < 4.78 is 42.1. The highest BCUT2D eigenvalue weighted by Gasteiger charge is 2.28. The molecule has 1 fully saturated rings. The van der Waals surface area contributed by atoms with Crippen LogP contribution in [-0.2, 0) is 23.8 Å². The highest BCUT2D eigenvalue weighted by molar-refractivity contribution is 8.03. The molecule has 1 N–H and O–H groups in total. The molecule has 8 nitrogen and oxygen atoms in total. The third-order valence-electron chi connectivity index (χ3n) is 8.88. The Morgan fingerprint density at radius 3 is 2.20 bits per heavy atom. The van der Waals surface area contributed by atoms with Crippen LogP contribution >= 0.6 is 11.8 Å². The number of nitrogens with zero attached hydrogens (tertiary/aromatic N) is 1. The highest BCUT2D eigenvalue weighted by atomic mass is 32.2. The van der Waals surface area contributed by atoms with E-state index < -0.39 is 21.8 Å². The SMILES string of the molecule is CCCCCCCCCCCCCCCCC1COC(COC(=O)NCCCCN2C=CSC2OS(=O)(=O)c2ccc(C)cc2)C1. The molecule has 2 heterocycles. The number of carbonyl (C=O) groups is 1. The third kappa shape index (κ3) is 15.9. The molecule has 0 saturated carbocycles. The van der Waals surface area contributed by atoms with E-state index in [9.17, 15) is 13.2 Å².